The van der Waals surface area contributed by atoms with Crippen LogP contribution in [0, 0.1) is 6.92 Å². The lowest BCUT2D eigenvalue weighted by molar-refractivity contribution is 0.0946. The Morgan fingerprint density at radius 2 is 1.87 bits per heavy atom. The van der Waals surface area contributed by atoms with E-state index in [2.05, 4.69) is 22.5 Å². The summed E-state index contributed by atoms with van der Waals surface area (Å²) >= 11 is 0. The lowest BCUT2D eigenvalue weighted by Gasteiger charge is -2.08. The van der Waals surface area contributed by atoms with Crippen LogP contribution < -0.4 is 10.6 Å². The van der Waals surface area contributed by atoms with Crippen molar-refractivity contribution in [2.24, 2.45) is 0 Å². The zero-order valence-corrected chi connectivity index (χ0v) is 13.9. The Bertz CT molecular complexity index is 606. The van der Waals surface area contributed by atoms with Crippen molar-refractivity contribution in [3.63, 3.8) is 0 Å². The number of aryl methyl sites for hydroxylation is 1. The van der Waals surface area contributed by atoms with Crippen molar-refractivity contribution in [2.75, 3.05) is 11.9 Å². The highest BCUT2D eigenvalue weighted by molar-refractivity contribution is 5.92. The van der Waals surface area contributed by atoms with Gasteiger partial charge in [0.2, 0.25) is 0 Å². The SMILES string of the molecule is CCCCCNc1ccc(C(=O)NCc2ccc(C)cc2)nc1. The van der Waals surface area contributed by atoms with Crippen LogP contribution in [0.3, 0.4) is 0 Å². The van der Waals surface area contributed by atoms with E-state index in [1.165, 1.54) is 18.4 Å². The molecule has 0 spiro atoms. The minimum Gasteiger partial charge on any atom is -0.384 e. The predicted molar refractivity (Wildman–Crippen MR) is 94.6 cm³/mol. The van der Waals surface area contributed by atoms with E-state index >= 15 is 0 Å². The molecule has 0 saturated heterocycles. The summed E-state index contributed by atoms with van der Waals surface area (Å²) in [5.74, 6) is -0.150. The van der Waals surface area contributed by atoms with E-state index in [-0.39, 0.29) is 5.91 Å². The quantitative estimate of drug-likeness (QED) is 0.726. The molecule has 0 fully saturated rings. The molecule has 1 aromatic heterocycles. The van der Waals surface area contributed by atoms with Crippen molar-refractivity contribution in [3.05, 3.63) is 59.4 Å². The second-order valence-corrected chi connectivity index (χ2v) is 5.73. The molecule has 23 heavy (non-hydrogen) atoms. The largest absolute Gasteiger partial charge is 0.384 e. The number of pyridine rings is 1. The highest BCUT2D eigenvalue weighted by Gasteiger charge is 2.06. The third-order valence-corrected chi connectivity index (χ3v) is 3.68. The molecule has 2 rings (SSSR count). The molecule has 0 aliphatic carbocycles. The molecule has 0 bridgehead atoms. The molecule has 4 heteroatoms. The van der Waals surface area contributed by atoms with Crippen LogP contribution >= 0.6 is 0 Å². The molecular formula is C19H25N3O. The number of carbonyl (C=O) groups is 1. The fourth-order valence-electron chi connectivity index (χ4n) is 2.22. The second-order valence-electron chi connectivity index (χ2n) is 5.73. The minimum absolute atomic E-state index is 0.150. The maximum atomic E-state index is 12.1. The fraction of sp³-hybridized carbons (Fsp3) is 0.368. The summed E-state index contributed by atoms with van der Waals surface area (Å²) in [5, 5.41) is 6.21. The first-order valence-electron chi connectivity index (χ1n) is 8.22. The first kappa shape index (κ1) is 17.0. The van der Waals surface area contributed by atoms with Crippen molar-refractivity contribution < 1.29 is 4.79 Å². The molecule has 122 valence electrons. The lowest BCUT2D eigenvalue weighted by Crippen LogP contribution is -2.23. The summed E-state index contributed by atoms with van der Waals surface area (Å²) in [4.78, 5) is 16.3. The summed E-state index contributed by atoms with van der Waals surface area (Å²) < 4.78 is 0. The number of carbonyl (C=O) groups excluding carboxylic acids is 1. The molecule has 2 N–H and O–H groups in total. The number of hydrogen-bond acceptors (Lipinski definition) is 3. The van der Waals surface area contributed by atoms with Gasteiger partial charge < -0.3 is 10.6 Å². The molecular weight excluding hydrogens is 286 g/mol. The average molecular weight is 311 g/mol. The van der Waals surface area contributed by atoms with Crippen LogP contribution in [0.5, 0.6) is 0 Å². The molecule has 0 unspecified atom stereocenters. The molecule has 4 nitrogen and oxygen atoms in total. The van der Waals surface area contributed by atoms with Gasteiger partial charge in [-0.1, -0.05) is 49.6 Å². The number of rotatable bonds is 8. The highest BCUT2D eigenvalue weighted by atomic mass is 16.1. The van der Waals surface area contributed by atoms with Gasteiger partial charge in [-0.2, -0.15) is 0 Å². The Morgan fingerprint density at radius 3 is 2.52 bits per heavy atom. The number of aromatic nitrogens is 1. The second kappa shape index (κ2) is 8.93. The Kier molecular flexibility index (Phi) is 6.60. The van der Waals surface area contributed by atoms with Gasteiger partial charge in [0, 0.05) is 13.1 Å². The van der Waals surface area contributed by atoms with E-state index in [4.69, 9.17) is 0 Å². The molecule has 1 aromatic carbocycles. The van der Waals surface area contributed by atoms with E-state index in [9.17, 15) is 4.79 Å². The molecule has 0 radical (unpaired) electrons. The van der Waals surface area contributed by atoms with Gasteiger partial charge in [-0.05, 0) is 31.0 Å². The number of nitrogens with zero attached hydrogens (tertiary/aromatic N) is 1. The van der Waals surface area contributed by atoms with Crippen molar-refractivity contribution in [2.45, 2.75) is 39.7 Å². The zero-order valence-electron chi connectivity index (χ0n) is 13.9. The first-order chi connectivity index (χ1) is 11.2. The van der Waals surface area contributed by atoms with Gasteiger partial charge in [0.25, 0.3) is 5.91 Å². The standard InChI is InChI=1S/C19H25N3O/c1-3-4-5-12-20-17-10-11-18(21-14-17)19(23)22-13-16-8-6-15(2)7-9-16/h6-11,14,20H,3-5,12-13H2,1-2H3,(H,22,23). The normalized spacial score (nSPS) is 10.3. The predicted octanol–water partition coefficient (Wildman–Crippen LogP) is 3.92. The van der Waals surface area contributed by atoms with Crippen molar-refractivity contribution in [1.82, 2.24) is 10.3 Å². The van der Waals surface area contributed by atoms with Gasteiger partial charge in [0.05, 0.1) is 11.9 Å². The van der Waals surface area contributed by atoms with Gasteiger partial charge >= 0.3 is 0 Å². The van der Waals surface area contributed by atoms with E-state index in [1.807, 2.05) is 37.3 Å². The molecule has 0 aliphatic rings. The van der Waals surface area contributed by atoms with Crippen LogP contribution in [0.2, 0.25) is 0 Å². The summed E-state index contributed by atoms with van der Waals surface area (Å²) in [6.07, 6.45) is 5.29. The van der Waals surface area contributed by atoms with Crippen LogP contribution in [0.4, 0.5) is 5.69 Å². The maximum absolute atomic E-state index is 12.1. The van der Waals surface area contributed by atoms with Crippen LogP contribution in [-0.2, 0) is 6.54 Å². The Hall–Kier alpha value is -2.36. The van der Waals surface area contributed by atoms with E-state index in [0.29, 0.717) is 12.2 Å². The van der Waals surface area contributed by atoms with Crippen LogP contribution in [0.1, 0.15) is 47.8 Å². The Labute approximate surface area is 138 Å². The monoisotopic (exact) mass is 311 g/mol. The Morgan fingerprint density at radius 1 is 1.09 bits per heavy atom. The van der Waals surface area contributed by atoms with Crippen LogP contribution in [-0.4, -0.2) is 17.4 Å². The van der Waals surface area contributed by atoms with Gasteiger partial charge in [-0.25, -0.2) is 4.98 Å². The molecule has 2 aromatic rings. The zero-order chi connectivity index (χ0) is 16.5. The summed E-state index contributed by atoms with van der Waals surface area (Å²) in [6, 6.07) is 11.8. The van der Waals surface area contributed by atoms with Crippen LogP contribution in [0.15, 0.2) is 42.6 Å². The third kappa shape index (κ3) is 5.74. The van der Waals surface area contributed by atoms with Gasteiger partial charge in [0.1, 0.15) is 5.69 Å². The van der Waals surface area contributed by atoms with Gasteiger partial charge in [0.15, 0.2) is 0 Å². The molecule has 0 aliphatic heterocycles. The van der Waals surface area contributed by atoms with Crippen molar-refractivity contribution >= 4 is 11.6 Å². The minimum atomic E-state index is -0.150. The number of benzene rings is 1. The number of hydrogen-bond donors (Lipinski definition) is 2. The Balaban J connectivity index is 1.81. The third-order valence-electron chi connectivity index (χ3n) is 3.68. The summed E-state index contributed by atoms with van der Waals surface area (Å²) in [6.45, 7) is 5.68. The summed E-state index contributed by atoms with van der Waals surface area (Å²) in [7, 11) is 0. The summed E-state index contributed by atoms with van der Waals surface area (Å²) in [5.41, 5.74) is 3.69. The first-order valence-corrected chi connectivity index (χ1v) is 8.22. The molecule has 0 saturated carbocycles. The van der Waals surface area contributed by atoms with E-state index in [0.717, 1.165) is 24.2 Å². The molecule has 1 heterocycles. The number of anilines is 1. The van der Waals surface area contributed by atoms with Gasteiger partial charge in [-0.15, -0.1) is 0 Å². The number of amides is 1. The van der Waals surface area contributed by atoms with E-state index < -0.39 is 0 Å². The van der Waals surface area contributed by atoms with Gasteiger partial charge in [-0.3, -0.25) is 4.79 Å². The van der Waals surface area contributed by atoms with Crippen molar-refractivity contribution in [3.8, 4) is 0 Å². The number of unbranched alkanes of at least 4 members (excludes halogenated alkanes) is 2. The topological polar surface area (TPSA) is 54.0 Å². The average Bonchev–Trinajstić information content (AvgIpc) is 2.58. The van der Waals surface area contributed by atoms with E-state index in [1.54, 1.807) is 12.3 Å². The molecule has 0 atom stereocenters. The maximum Gasteiger partial charge on any atom is 0.270 e. The smallest absolute Gasteiger partial charge is 0.270 e. The van der Waals surface area contributed by atoms with Crippen LogP contribution in [0.25, 0.3) is 0 Å². The lowest BCUT2D eigenvalue weighted by atomic mass is 10.1. The van der Waals surface area contributed by atoms with Crippen molar-refractivity contribution in [1.29, 1.82) is 0 Å². The highest BCUT2D eigenvalue weighted by Crippen LogP contribution is 2.08. The number of nitrogens with one attached hydrogen (secondary N) is 2. The molecule has 1 amide bonds. The fourth-order valence-corrected chi connectivity index (χ4v) is 2.22.